The van der Waals surface area contributed by atoms with Gasteiger partial charge in [0.15, 0.2) is 0 Å². The Kier molecular flexibility index (Phi) is 4.90. The summed E-state index contributed by atoms with van der Waals surface area (Å²) in [6.45, 7) is 0.558. The van der Waals surface area contributed by atoms with Crippen molar-refractivity contribution in [2.24, 2.45) is 5.73 Å². The lowest BCUT2D eigenvalue weighted by molar-refractivity contribution is -0.138. The molecule has 2 rings (SSSR count). The third-order valence-corrected chi connectivity index (χ3v) is 3.99. The number of rotatable bonds is 4. The van der Waals surface area contributed by atoms with Gasteiger partial charge in [0.2, 0.25) is 11.8 Å². The molecular formula is C15H19N3O2S. The predicted molar refractivity (Wildman–Crippen MR) is 84.8 cm³/mol. The molecule has 0 saturated carbocycles. The van der Waals surface area contributed by atoms with E-state index in [0.29, 0.717) is 13.0 Å². The molecular weight excluding hydrogens is 286 g/mol. The SMILES string of the molecule is CNC(=O)C1CCCN1C(=O)C(C(N)=S)c1ccccc1. The molecule has 1 aliphatic rings. The van der Waals surface area contributed by atoms with E-state index in [-0.39, 0.29) is 16.8 Å². The van der Waals surface area contributed by atoms with E-state index in [2.05, 4.69) is 5.32 Å². The fourth-order valence-electron chi connectivity index (χ4n) is 2.71. The minimum Gasteiger partial charge on any atom is -0.392 e. The summed E-state index contributed by atoms with van der Waals surface area (Å²) in [6, 6.07) is 8.78. The van der Waals surface area contributed by atoms with Crippen LogP contribution in [0.15, 0.2) is 30.3 Å². The van der Waals surface area contributed by atoms with Crippen LogP contribution in [0.2, 0.25) is 0 Å². The fraction of sp³-hybridized carbons (Fsp3) is 0.400. The second-order valence-electron chi connectivity index (χ2n) is 5.05. The van der Waals surface area contributed by atoms with Crippen molar-refractivity contribution >= 4 is 29.0 Å². The number of amides is 2. The minimum atomic E-state index is -0.675. The normalized spacial score (nSPS) is 19.1. The van der Waals surface area contributed by atoms with Crippen molar-refractivity contribution in [1.29, 1.82) is 0 Å². The third kappa shape index (κ3) is 3.21. The highest BCUT2D eigenvalue weighted by Gasteiger charge is 2.38. The van der Waals surface area contributed by atoms with E-state index in [0.717, 1.165) is 12.0 Å². The first-order chi connectivity index (χ1) is 10.1. The van der Waals surface area contributed by atoms with E-state index in [1.807, 2.05) is 30.3 Å². The lowest BCUT2D eigenvalue weighted by Gasteiger charge is -2.27. The van der Waals surface area contributed by atoms with Crippen molar-refractivity contribution < 1.29 is 9.59 Å². The van der Waals surface area contributed by atoms with Crippen LogP contribution in [0.25, 0.3) is 0 Å². The first kappa shape index (κ1) is 15.4. The summed E-state index contributed by atoms with van der Waals surface area (Å²) in [5.74, 6) is -1.01. The molecule has 5 nitrogen and oxygen atoms in total. The highest BCUT2D eigenvalue weighted by Crippen LogP contribution is 2.25. The van der Waals surface area contributed by atoms with Crippen LogP contribution in [0.4, 0.5) is 0 Å². The van der Waals surface area contributed by atoms with E-state index in [4.69, 9.17) is 18.0 Å². The maximum absolute atomic E-state index is 12.8. The molecule has 1 aliphatic heterocycles. The molecule has 1 saturated heterocycles. The Balaban J connectivity index is 2.27. The highest BCUT2D eigenvalue weighted by molar-refractivity contribution is 7.80. The number of carbonyl (C=O) groups excluding carboxylic acids is 2. The van der Waals surface area contributed by atoms with Crippen molar-refractivity contribution in [1.82, 2.24) is 10.2 Å². The number of nitrogens with zero attached hydrogens (tertiary/aromatic N) is 1. The topological polar surface area (TPSA) is 75.4 Å². The summed E-state index contributed by atoms with van der Waals surface area (Å²) in [6.07, 6.45) is 1.48. The molecule has 2 amide bonds. The van der Waals surface area contributed by atoms with Gasteiger partial charge in [0.1, 0.15) is 12.0 Å². The van der Waals surface area contributed by atoms with Gasteiger partial charge >= 0.3 is 0 Å². The van der Waals surface area contributed by atoms with Gasteiger partial charge in [0.25, 0.3) is 0 Å². The van der Waals surface area contributed by atoms with Gasteiger partial charge in [0, 0.05) is 13.6 Å². The quantitative estimate of drug-likeness (QED) is 0.807. The van der Waals surface area contributed by atoms with E-state index in [9.17, 15) is 9.59 Å². The molecule has 0 bridgehead atoms. The first-order valence-electron chi connectivity index (χ1n) is 6.92. The Bertz CT molecular complexity index is 547. The molecule has 0 radical (unpaired) electrons. The molecule has 2 unspecified atom stereocenters. The van der Waals surface area contributed by atoms with Crippen LogP contribution in [0.1, 0.15) is 24.3 Å². The molecule has 0 spiro atoms. The van der Waals surface area contributed by atoms with Crippen LogP contribution in [0.3, 0.4) is 0 Å². The molecule has 3 N–H and O–H groups in total. The molecule has 2 atom stereocenters. The van der Waals surface area contributed by atoms with Crippen LogP contribution in [0, 0.1) is 0 Å². The van der Waals surface area contributed by atoms with Gasteiger partial charge in [-0.1, -0.05) is 42.5 Å². The number of hydrogen-bond acceptors (Lipinski definition) is 3. The van der Waals surface area contributed by atoms with Gasteiger partial charge in [-0.3, -0.25) is 9.59 Å². The number of benzene rings is 1. The Morgan fingerprint density at radius 3 is 2.62 bits per heavy atom. The molecule has 0 aliphatic carbocycles. The van der Waals surface area contributed by atoms with E-state index in [1.165, 1.54) is 0 Å². The Morgan fingerprint density at radius 1 is 1.38 bits per heavy atom. The average Bonchev–Trinajstić information content (AvgIpc) is 2.96. The Morgan fingerprint density at radius 2 is 2.05 bits per heavy atom. The molecule has 112 valence electrons. The van der Waals surface area contributed by atoms with Gasteiger partial charge in [-0.15, -0.1) is 0 Å². The number of hydrogen-bond donors (Lipinski definition) is 2. The Labute approximate surface area is 129 Å². The second-order valence-corrected chi connectivity index (χ2v) is 5.52. The Hall–Kier alpha value is -1.95. The van der Waals surface area contributed by atoms with Crippen molar-refractivity contribution in [3.63, 3.8) is 0 Å². The first-order valence-corrected chi connectivity index (χ1v) is 7.33. The van der Waals surface area contributed by atoms with Crippen LogP contribution in [-0.2, 0) is 9.59 Å². The van der Waals surface area contributed by atoms with Crippen molar-refractivity contribution in [2.45, 2.75) is 24.8 Å². The van der Waals surface area contributed by atoms with Gasteiger partial charge in [-0.2, -0.15) is 0 Å². The summed E-state index contributed by atoms with van der Waals surface area (Å²) < 4.78 is 0. The van der Waals surface area contributed by atoms with Gasteiger partial charge in [0.05, 0.1) is 4.99 Å². The number of likely N-dealkylation sites (tertiary alicyclic amines) is 1. The molecule has 21 heavy (non-hydrogen) atoms. The van der Waals surface area contributed by atoms with Gasteiger partial charge in [-0.25, -0.2) is 0 Å². The number of nitrogens with one attached hydrogen (secondary N) is 1. The van der Waals surface area contributed by atoms with Crippen LogP contribution in [-0.4, -0.2) is 41.3 Å². The lowest BCUT2D eigenvalue weighted by Crippen LogP contribution is -2.48. The van der Waals surface area contributed by atoms with E-state index in [1.54, 1.807) is 11.9 Å². The van der Waals surface area contributed by atoms with Crippen LogP contribution >= 0.6 is 12.2 Å². The number of nitrogens with two attached hydrogens (primary N) is 1. The monoisotopic (exact) mass is 305 g/mol. The van der Waals surface area contributed by atoms with Crippen LogP contribution < -0.4 is 11.1 Å². The highest BCUT2D eigenvalue weighted by atomic mass is 32.1. The lowest BCUT2D eigenvalue weighted by atomic mass is 9.97. The summed E-state index contributed by atoms with van der Waals surface area (Å²) >= 11 is 5.07. The van der Waals surface area contributed by atoms with Crippen molar-refractivity contribution in [2.75, 3.05) is 13.6 Å². The average molecular weight is 305 g/mol. The number of thiocarbonyl (C=S) groups is 1. The maximum atomic E-state index is 12.8. The zero-order valence-corrected chi connectivity index (χ0v) is 12.7. The summed E-state index contributed by atoms with van der Waals surface area (Å²) in [5.41, 5.74) is 6.54. The molecule has 1 aromatic rings. The minimum absolute atomic E-state index is 0.133. The second kappa shape index (κ2) is 6.67. The fourth-order valence-corrected chi connectivity index (χ4v) is 2.95. The summed E-state index contributed by atoms with van der Waals surface area (Å²) in [7, 11) is 1.57. The smallest absolute Gasteiger partial charge is 0.242 e. The summed E-state index contributed by atoms with van der Waals surface area (Å²) in [4.78, 5) is 26.4. The number of likely N-dealkylation sites (N-methyl/N-ethyl adjacent to an activating group) is 1. The standard InChI is InChI=1S/C15H19N3O2S/c1-17-14(19)11-8-5-9-18(11)15(20)12(13(16)21)10-6-3-2-4-7-10/h2-4,6-7,11-12H,5,8-9H2,1H3,(H2,16,21)(H,17,19). The van der Waals surface area contributed by atoms with Crippen LogP contribution in [0.5, 0.6) is 0 Å². The predicted octanol–water partition coefficient (Wildman–Crippen LogP) is 0.793. The molecule has 0 aromatic heterocycles. The molecule has 1 heterocycles. The molecule has 6 heteroatoms. The number of carbonyl (C=O) groups is 2. The summed E-state index contributed by atoms with van der Waals surface area (Å²) in [5, 5.41) is 2.60. The van der Waals surface area contributed by atoms with Gasteiger partial charge in [-0.05, 0) is 18.4 Å². The largest absolute Gasteiger partial charge is 0.392 e. The van der Waals surface area contributed by atoms with E-state index < -0.39 is 12.0 Å². The van der Waals surface area contributed by atoms with Crippen molar-refractivity contribution in [3.8, 4) is 0 Å². The molecule has 1 fully saturated rings. The van der Waals surface area contributed by atoms with Crippen molar-refractivity contribution in [3.05, 3.63) is 35.9 Å². The third-order valence-electron chi connectivity index (χ3n) is 3.75. The molecule has 1 aromatic carbocycles. The zero-order valence-electron chi connectivity index (χ0n) is 11.9. The van der Waals surface area contributed by atoms with E-state index >= 15 is 0 Å². The maximum Gasteiger partial charge on any atom is 0.242 e. The van der Waals surface area contributed by atoms with Gasteiger partial charge < -0.3 is 16.0 Å². The zero-order chi connectivity index (χ0) is 15.4.